The van der Waals surface area contributed by atoms with E-state index >= 15 is 0 Å². The highest BCUT2D eigenvalue weighted by Gasteiger charge is 2.24. The van der Waals surface area contributed by atoms with Gasteiger partial charge in [-0.05, 0) is 32.1 Å². The number of primary amides is 1. The number of hydrogen-bond acceptors (Lipinski definition) is 17. The molecule has 0 aliphatic rings. The van der Waals surface area contributed by atoms with Crippen LogP contribution < -0.4 is 31.7 Å². The van der Waals surface area contributed by atoms with Crippen LogP contribution in [0.5, 0.6) is 0 Å². The van der Waals surface area contributed by atoms with Crippen LogP contribution in [0.4, 0.5) is 0 Å². The molecule has 1 rings (SSSR count). The third kappa shape index (κ3) is 37.5. The number of amides is 6. The number of ether oxygens (including phenoxy) is 4. The molecule has 70 heavy (non-hydrogen) atoms. The molecule has 0 aliphatic carbocycles. The fourth-order valence-electron chi connectivity index (χ4n) is 6.51. The Morgan fingerprint density at radius 1 is 0.543 bits per heavy atom. The summed E-state index contributed by atoms with van der Waals surface area (Å²) in [6, 6.07) is -2.84. The monoisotopic (exact) mass is 1020 g/mol. The number of hydrogen-bond donors (Lipinski definition) is 9. The van der Waals surface area contributed by atoms with Crippen molar-refractivity contribution in [3.63, 3.8) is 0 Å². The van der Waals surface area contributed by atoms with Crippen LogP contribution >= 0.6 is 0 Å². The van der Waals surface area contributed by atoms with Crippen LogP contribution in [-0.4, -0.2) is 170 Å². The van der Waals surface area contributed by atoms with Crippen molar-refractivity contribution in [1.29, 1.82) is 0 Å². The van der Waals surface area contributed by atoms with Crippen molar-refractivity contribution in [2.24, 2.45) is 5.73 Å². The van der Waals surface area contributed by atoms with Gasteiger partial charge in [-0.2, -0.15) is 5.21 Å². The summed E-state index contributed by atoms with van der Waals surface area (Å²) in [5.74, 6) is -6.00. The Labute approximate surface area is 409 Å². The van der Waals surface area contributed by atoms with E-state index in [1.807, 2.05) is 0 Å². The Kier molecular flexibility index (Phi) is 36.1. The van der Waals surface area contributed by atoms with E-state index < -0.39 is 76.6 Å². The van der Waals surface area contributed by atoms with Crippen LogP contribution in [0.2, 0.25) is 0 Å². The first-order valence-electron chi connectivity index (χ1n) is 24.0. The van der Waals surface area contributed by atoms with Crippen LogP contribution in [0, 0.1) is 0 Å². The molecule has 0 fully saturated rings. The number of aryl methyl sites for hydroxylation is 1. The minimum Gasteiger partial charge on any atom is -0.480 e. The summed E-state index contributed by atoms with van der Waals surface area (Å²) < 4.78 is 47.7. The van der Waals surface area contributed by atoms with Crippen molar-refractivity contribution in [1.82, 2.24) is 46.6 Å². The lowest BCUT2D eigenvalue weighted by Crippen LogP contribution is -2.45. The van der Waals surface area contributed by atoms with Gasteiger partial charge >= 0.3 is 11.9 Å². The van der Waals surface area contributed by atoms with Crippen LogP contribution in [0.1, 0.15) is 134 Å². The number of carboxylic acids is 2. The van der Waals surface area contributed by atoms with Crippen LogP contribution in [0.3, 0.4) is 0 Å². The minimum atomic E-state index is -3.84. The van der Waals surface area contributed by atoms with Crippen molar-refractivity contribution in [2.75, 3.05) is 71.7 Å². The van der Waals surface area contributed by atoms with E-state index in [9.17, 15) is 51.9 Å². The maximum absolute atomic E-state index is 12.3. The number of nitrogens with one attached hydrogen (secondary N) is 6. The summed E-state index contributed by atoms with van der Waals surface area (Å²) in [6.45, 7) is 0.157. The number of aromatic nitrogens is 4. The van der Waals surface area contributed by atoms with Gasteiger partial charge in [0.15, 0.2) is 5.82 Å². The van der Waals surface area contributed by atoms with Crippen LogP contribution in [0.15, 0.2) is 0 Å². The second kappa shape index (κ2) is 40.4. The molecule has 0 spiro atoms. The number of nitrogens with two attached hydrogens (primary N) is 1. The Bertz CT molecular complexity index is 1780. The normalized spacial score (nSPS) is 12.1. The number of nitrogens with zero attached hydrogens (tertiary/aromatic N) is 3. The summed E-state index contributed by atoms with van der Waals surface area (Å²) in [7, 11) is -3.84. The predicted octanol–water partition coefficient (Wildman–Crippen LogP) is -0.0869. The molecule has 2 atom stereocenters. The highest BCUT2D eigenvalue weighted by molar-refractivity contribution is 7.90. The van der Waals surface area contributed by atoms with Gasteiger partial charge in [-0.3, -0.25) is 33.5 Å². The molecule has 0 bridgehead atoms. The van der Waals surface area contributed by atoms with Gasteiger partial charge in [0, 0.05) is 45.2 Å². The molecule has 1 aromatic heterocycles. The standard InChI is InChI=1S/C43H76N10O16S/c44-35(54)20-18-33(42(60)61)47-38(56)21-19-34(43(62)63)48-41(59)32-69-29-27-67-25-23-46-40(58)31-68-28-26-66-24-22-45-37(55)17-14-30-70(64,65)51-39(57)16-13-11-9-7-5-3-1-2-4-6-8-10-12-15-36-49-52-53-50-36/h33-34H,1-32H2,(H2,44,54)(H,45,55)(H,46,58)(H,47,56)(H,48,59)(H,51,57)(H,60,61)(H,62,63)(H,49,50,52,53). The molecule has 1 heterocycles. The first-order chi connectivity index (χ1) is 33.6. The maximum Gasteiger partial charge on any atom is 0.326 e. The fourth-order valence-corrected chi connectivity index (χ4v) is 7.59. The molecule has 400 valence electrons. The summed E-state index contributed by atoms with van der Waals surface area (Å²) in [5.41, 5.74) is 5.00. The number of unbranched alkanes of at least 4 members (excludes halogenated alkanes) is 12. The first kappa shape index (κ1) is 62.6. The van der Waals surface area contributed by atoms with E-state index in [1.165, 1.54) is 44.9 Å². The van der Waals surface area contributed by atoms with Gasteiger partial charge < -0.3 is 56.2 Å². The second-order valence-corrected chi connectivity index (χ2v) is 18.2. The van der Waals surface area contributed by atoms with E-state index in [4.69, 9.17) is 29.8 Å². The first-order valence-corrected chi connectivity index (χ1v) is 25.7. The summed E-state index contributed by atoms with van der Waals surface area (Å²) in [4.78, 5) is 94.1. The molecular weight excluding hydrogens is 945 g/mol. The van der Waals surface area contributed by atoms with E-state index in [2.05, 4.69) is 46.6 Å². The number of aliphatic carboxylic acids is 2. The number of carbonyl (C=O) groups is 8. The molecule has 0 saturated heterocycles. The van der Waals surface area contributed by atoms with Gasteiger partial charge in [-0.25, -0.2) is 18.0 Å². The minimum absolute atomic E-state index is 0.0300. The Morgan fingerprint density at radius 2 is 1.01 bits per heavy atom. The number of sulfonamides is 1. The lowest BCUT2D eigenvalue weighted by Gasteiger charge is -2.16. The van der Waals surface area contributed by atoms with Gasteiger partial charge in [0.05, 0.1) is 45.4 Å². The van der Waals surface area contributed by atoms with E-state index in [0.717, 1.165) is 44.3 Å². The number of tetrazole rings is 1. The van der Waals surface area contributed by atoms with Gasteiger partial charge in [-0.1, -0.05) is 75.8 Å². The fraction of sp³-hybridized carbons (Fsp3) is 0.791. The molecule has 0 saturated carbocycles. The predicted molar refractivity (Wildman–Crippen MR) is 250 cm³/mol. The van der Waals surface area contributed by atoms with Crippen molar-refractivity contribution < 1.29 is 75.9 Å². The average molecular weight is 1020 g/mol. The largest absolute Gasteiger partial charge is 0.480 e. The molecule has 0 aromatic carbocycles. The van der Waals surface area contributed by atoms with E-state index in [-0.39, 0.29) is 110 Å². The van der Waals surface area contributed by atoms with Crippen molar-refractivity contribution in [2.45, 2.75) is 147 Å². The molecular formula is C43H76N10O16S. The van der Waals surface area contributed by atoms with Crippen LogP contribution in [-0.2, 0) is 73.7 Å². The Morgan fingerprint density at radius 3 is 1.54 bits per heavy atom. The SMILES string of the molecule is NC(=O)CCC(NC(=O)CCC(NC(=O)COCCOCCNC(=O)COCCOCCNC(=O)CCCS(=O)(=O)NC(=O)CCCCCCCCCCCCCCCc1nn[nH]n1)C(=O)O)C(=O)O. The number of H-pyrrole nitrogens is 1. The van der Waals surface area contributed by atoms with Crippen molar-refractivity contribution in [3.05, 3.63) is 5.82 Å². The zero-order valence-electron chi connectivity index (χ0n) is 40.2. The Balaban J connectivity index is 1.94. The van der Waals surface area contributed by atoms with Gasteiger partial charge in [-0.15, -0.1) is 10.2 Å². The zero-order valence-corrected chi connectivity index (χ0v) is 41.0. The Hall–Kier alpha value is -5.38. The summed E-state index contributed by atoms with van der Waals surface area (Å²) >= 11 is 0. The van der Waals surface area contributed by atoms with E-state index in [1.54, 1.807) is 0 Å². The highest BCUT2D eigenvalue weighted by atomic mass is 32.2. The van der Waals surface area contributed by atoms with E-state index in [0.29, 0.717) is 6.42 Å². The van der Waals surface area contributed by atoms with Crippen molar-refractivity contribution >= 4 is 57.4 Å². The topological polar surface area (TPSA) is 389 Å². The second-order valence-electron chi connectivity index (χ2n) is 16.4. The number of rotatable bonds is 47. The molecule has 10 N–H and O–H groups in total. The molecule has 2 unspecified atom stereocenters. The number of aromatic amines is 1. The maximum atomic E-state index is 12.3. The lowest BCUT2D eigenvalue weighted by molar-refractivity contribution is -0.144. The molecule has 27 heteroatoms. The van der Waals surface area contributed by atoms with Gasteiger partial charge in [0.25, 0.3) is 0 Å². The molecule has 6 amide bonds. The summed E-state index contributed by atoms with van der Waals surface area (Å²) in [5, 5.41) is 42.1. The van der Waals surface area contributed by atoms with Gasteiger partial charge in [0.1, 0.15) is 25.3 Å². The average Bonchev–Trinajstić information content (AvgIpc) is 3.82. The zero-order chi connectivity index (χ0) is 51.7. The quantitative estimate of drug-likeness (QED) is 0.0385. The molecule has 0 aliphatic heterocycles. The number of carboxylic acid groups (broad SMARTS) is 2. The molecule has 0 radical (unpaired) electrons. The summed E-state index contributed by atoms with van der Waals surface area (Å²) in [6.07, 6.45) is 14.2. The third-order valence-corrected chi connectivity index (χ3v) is 11.6. The third-order valence-electron chi connectivity index (χ3n) is 10.2. The molecule has 26 nitrogen and oxygen atoms in total. The van der Waals surface area contributed by atoms with Gasteiger partial charge in [0.2, 0.25) is 45.5 Å². The van der Waals surface area contributed by atoms with Crippen LogP contribution in [0.25, 0.3) is 0 Å². The van der Waals surface area contributed by atoms with Crippen molar-refractivity contribution in [3.8, 4) is 0 Å². The smallest absolute Gasteiger partial charge is 0.326 e. The number of carbonyl (C=O) groups excluding carboxylic acids is 6. The molecule has 1 aromatic rings. The highest BCUT2D eigenvalue weighted by Crippen LogP contribution is 2.14. The lowest BCUT2D eigenvalue weighted by atomic mass is 10.0.